The SMILES string of the molecule is CC(C)(CS)CN1CCc2ccccc21. The van der Waals surface area contributed by atoms with Crippen molar-refractivity contribution >= 4 is 18.3 Å². The maximum Gasteiger partial charge on any atom is 0.0399 e. The topological polar surface area (TPSA) is 3.24 Å². The highest BCUT2D eigenvalue weighted by molar-refractivity contribution is 7.80. The first-order valence-corrected chi connectivity index (χ1v) is 6.19. The van der Waals surface area contributed by atoms with Crippen LogP contribution in [0.2, 0.25) is 0 Å². The van der Waals surface area contributed by atoms with Gasteiger partial charge in [-0.1, -0.05) is 32.0 Å². The van der Waals surface area contributed by atoms with Crippen LogP contribution in [0.1, 0.15) is 19.4 Å². The fraction of sp³-hybridized carbons (Fsp3) is 0.538. The summed E-state index contributed by atoms with van der Waals surface area (Å²) in [5.74, 6) is 0.936. The molecular formula is C13H19NS. The summed E-state index contributed by atoms with van der Waals surface area (Å²) in [5.41, 5.74) is 3.21. The molecule has 0 aromatic heterocycles. The van der Waals surface area contributed by atoms with Crippen LogP contribution < -0.4 is 4.90 Å². The Kier molecular flexibility index (Phi) is 2.96. The average molecular weight is 221 g/mol. The van der Waals surface area contributed by atoms with Gasteiger partial charge in [0.25, 0.3) is 0 Å². The maximum absolute atomic E-state index is 4.42. The molecule has 0 bridgehead atoms. The number of rotatable bonds is 3. The van der Waals surface area contributed by atoms with Gasteiger partial charge in [0.15, 0.2) is 0 Å². The Morgan fingerprint density at radius 1 is 1.33 bits per heavy atom. The van der Waals surface area contributed by atoms with Gasteiger partial charge in [-0.3, -0.25) is 0 Å². The second-order valence-electron chi connectivity index (χ2n) is 5.12. The number of para-hydroxylation sites is 1. The summed E-state index contributed by atoms with van der Waals surface area (Å²) in [5, 5.41) is 0. The molecule has 1 aliphatic rings. The molecule has 0 N–H and O–H groups in total. The third kappa shape index (κ3) is 2.31. The third-order valence-electron chi connectivity index (χ3n) is 3.03. The minimum Gasteiger partial charge on any atom is -0.370 e. The van der Waals surface area contributed by atoms with E-state index < -0.39 is 0 Å². The van der Waals surface area contributed by atoms with E-state index in [9.17, 15) is 0 Å². The van der Waals surface area contributed by atoms with Gasteiger partial charge in [0.05, 0.1) is 0 Å². The molecule has 1 nitrogen and oxygen atoms in total. The van der Waals surface area contributed by atoms with E-state index in [1.54, 1.807) is 0 Å². The molecule has 2 heteroatoms. The highest BCUT2D eigenvalue weighted by atomic mass is 32.1. The number of benzene rings is 1. The summed E-state index contributed by atoms with van der Waals surface area (Å²) in [6.45, 7) is 6.83. The normalized spacial score (nSPS) is 15.5. The number of anilines is 1. The van der Waals surface area contributed by atoms with E-state index in [-0.39, 0.29) is 0 Å². The van der Waals surface area contributed by atoms with Gasteiger partial charge < -0.3 is 4.90 Å². The fourth-order valence-corrected chi connectivity index (χ4v) is 2.24. The van der Waals surface area contributed by atoms with E-state index in [1.807, 2.05) is 0 Å². The van der Waals surface area contributed by atoms with Crippen molar-refractivity contribution in [2.24, 2.45) is 5.41 Å². The van der Waals surface area contributed by atoms with Crippen molar-refractivity contribution in [3.8, 4) is 0 Å². The smallest absolute Gasteiger partial charge is 0.0399 e. The molecule has 0 atom stereocenters. The van der Waals surface area contributed by atoms with E-state index in [0.717, 1.165) is 18.8 Å². The number of fused-ring (bicyclic) bond motifs is 1. The molecule has 0 aliphatic carbocycles. The molecule has 1 aromatic rings. The summed E-state index contributed by atoms with van der Waals surface area (Å²) in [7, 11) is 0. The Hall–Kier alpha value is -0.630. The average Bonchev–Trinajstić information content (AvgIpc) is 2.62. The summed E-state index contributed by atoms with van der Waals surface area (Å²) >= 11 is 4.42. The monoisotopic (exact) mass is 221 g/mol. The highest BCUT2D eigenvalue weighted by Crippen LogP contribution is 2.30. The second-order valence-corrected chi connectivity index (χ2v) is 5.44. The van der Waals surface area contributed by atoms with Crippen molar-refractivity contribution < 1.29 is 0 Å². The zero-order valence-corrected chi connectivity index (χ0v) is 10.4. The minimum absolute atomic E-state index is 0.292. The largest absolute Gasteiger partial charge is 0.370 e. The first kappa shape index (κ1) is 10.9. The van der Waals surface area contributed by atoms with E-state index >= 15 is 0 Å². The van der Waals surface area contributed by atoms with Crippen LogP contribution in [-0.4, -0.2) is 18.8 Å². The first-order chi connectivity index (χ1) is 7.12. The molecule has 0 fully saturated rings. The van der Waals surface area contributed by atoms with Crippen molar-refractivity contribution in [1.82, 2.24) is 0 Å². The van der Waals surface area contributed by atoms with Crippen LogP contribution in [0, 0.1) is 5.41 Å². The van der Waals surface area contributed by atoms with Crippen LogP contribution in [0.4, 0.5) is 5.69 Å². The van der Waals surface area contributed by atoms with Crippen molar-refractivity contribution in [2.75, 3.05) is 23.7 Å². The van der Waals surface area contributed by atoms with Crippen LogP contribution in [0.25, 0.3) is 0 Å². The molecule has 0 spiro atoms. The molecule has 82 valence electrons. The Morgan fingerprint density at radius 2 is 2.07 bits per heavy atom. The number of hydrogen-bond acceptors (Lipinski definition) is 2. The Labute approximate surface area is 97.9 Å². The van der Waals surface area contributed by atoms with Crippen LogP contribution in [0.5, 0.6) is 0 Å². The lowest BCUT2D eigenvalue weighted by Crippen LogP contribution is -2.34. The molecule has 0 saturated carbocycles. The second kappa shape index (κ2) is 4.09. The summed E-state index contributed by atoms with van der Waals surface area (Å²) in [6, 6.07) is 8.73. The van der Waals surface area contributed by atoms with Crippen molar-refractivity contribution in [1.29, 1.82) is 0 Å². The summed E-state index contributed by atoms with van der Waals surface area (Å²) < 4.78 is 0. The van der Waals surface area contributed by atoms with Gasteiger partial charge in [-0.25, -0.2) is 0 Å². The molecule has 1 aromatic carbocycles. The molecule has 1 heterocycles. The van der Waals surface area contributed by atoms with Gasteiger partial charge in [-0.15, -0.1) is 0 Å². The first-order valence-electron chi connectivity index (χ1n) is 5.56. The Bertz CT molecular complexity index is 346. The zero-order chi connectivity index (χ0) is 10.9. The lowest BCUT2D eigenvalue weighted by Gasteiger charge is -2.30. The molecule has 0 amide bonds. The number of thiol groups is 1. The van der Waals surface area contributed by atoms with Gasteiger partial charge in [0, 0.05) is 18.8 Å². The standard InChI is InChI=1S/C13H19NS/c1-13(2,10-15)9-14-8-7-11-5-3-4-6-12(11)14/h3-6,15H,7-10H2,1-2H3. The van der Waals surface area contributed by atoms with Crippen molar-refractivity contribution in [2.45, 2.75) is 20.3 Å². The van der Waals surface area contributed by atoms with Crippen LogP contribution in [0.15, 0.2) is 24.3 Å². The molecule has 2 rings (SSSR count). The van der Waals surface area contributed by atoms with E-state index in [4.69, 9.17) is 0 Å². The Balaban J connectivity index is 2.14. The van der Waals surface area contributed by atoms with Gasteiger partial charge in [0.2, 0.25) is 0 Å². The highest BCUT2D eigenvalue weighted by Gasteiger charge is 2.25. The van der Waals surface area contributed by atoms with Crippen LogP contribution in [-0.2, 0) is 6.42 Å². The van der Waals surface area contributed by atoms with Crippen molar-refractivity contribution in [3.05, 3.63) is 29.8 Å². The van der Waals surface area contributed by atoms with Gasteiger partial charge in [0.1, 0.15) is 0 Å². The predicted octanol–water partition coefficient (Wildman–Crippen LogP) is 3.01. The quantitative estimate of drug-likeness (QED) is 0.768. The molecule has 1 aliphatic heterocycles. The van der Waals surface area contributed by atoms with Crippen LogP contribution in [0.3, 0.4) is 0 Å². The number of hydrogen-bond donors (Lipinski definition) is 1. The fourth-order valence-electron chi connectivity index (χ4n) is 2.14. The van der Waals surface area contributed by atoms with E-state index in [0.29, 0.717) is 5.41 Å². The lowest BCUT2D eigenvalue weighted by molar-refractivity contribution is 0.424. The number of nitrogens with zero attached hydrogens (tertiary/aromatic N) is 1. The molecule has 0 unspecified atom stereocenters. The molecule has 15 heavy (non-hydrogen) atoms. The zero-order valence-electron chi connectivity index (χ0n) is 9.53. The van der Waals surface area contributed by atoms with Gasteiger partial charge in [-0.2, -0.15) is 12.6 Å². The third-order valence-corrected chi connectivity index (χ3v) is 3.89. The lowest BCUT2D eigenvalue weighted by atomic mass is 9.95. The maximum atomic E-state index is 4.42. The Morgan fingerprint density at radius 3 is 2.80 bits per heavy atom. The molecule has 0 radical (unpaired) electrons. The molecular weight excluding hydrogens is 202 g/mol. The minimum atomic E-state index is 0.292. The predicted molar refractivity (Wildman–Crippen MR) is 70.0 cm³/mol. The summed E-state index contributed by atoms with van der Waals surface area (Å²) in [4.78, 5) is 2.49. The molecule has 0 saturated heterocycles. The van der Waals surface area contributed by atoms with Gasteiger partial charge in [-0.05, 0) is 29.2 Å². The van der Waals surface area contributed by atoms with E-state index in [2.05, 4.69) is 55.6 Å². The van der Waals surface area contributed by atoms with Crippen molar-refractivity contribution in [3.63, 3.8) is 0 Å². The van der Waals surface area contributed by atoms with Gasteiger partial charge >= 0.3 is 0 Å². The van der Waals surface area contributed by atoms with E-state index in [1.165, 1.54) is 17.7 Å². The van der Waals surface area contributed by atoms with Crippen LogP contribution >= 0.6 is 12.6 Å². The summed E-state index contributed by atoms with van der Waals surface area (Å²) in [6.07, 6.45) is 1.19.